The molecule has 1 unspecified atom stereocenters. The van der Waals surface area contributed by atoms with E-state index in [1.807, 2.05) is 19.1 Å². The second-order valence-corrected chi connectivity index (χ2v) is 7.02. The van der Waals surface area contributed by atoms with Crippen molar-refractivity contribution < 1.29 is 10.2 Å². The van der Waals surface area contributed by atoms with Gasteiger partial charge in [0, 0.05) is 25.5 Å². The first-order valence-corrected chi connectivity index (χ1v) is 8.18. The van der Waals surface area contributed by atoms with Crippen LogP contribution < -0.4 is 5.32 Å². The Morgan fingerprint density at radius 1 is 0.900 bits per heavy atom. The molecule has 0 aromatic heterocycles. The first-order valence-electron chi connectivity index (χ1n) is 5.81. The molecular weight excluding hydrogens is 454 g/mol. The van der Waals surface area contributed by atoms with Crippen LogP contribution in [0.15, 0.2) is 43.7 Å². The Labute approximate surface area is 142 Å². The highest BCUT2D eigenvalue weighted by Crippen LogP contribution is 2.37. The monoisotopic (exact) mass is 463 g/mol. The molecule has 3 nitrogen and oxygen atoms in total. The number of halogens is 3. The maximum Gasteiger partial charge on any atom is 0.119 e. The smallest absolute Gasteiger partial charge is 0.119 e. The van der Waals surface area contributed by atoms with Crippen LogP contribution in [-0.4, -0.2) is 10.2 Å². The highest BCUT2D eigenvalue weighted by atomic mass is 79.9. The quantitative estimate of drug-likeness (QED) is 0.556. The maximum absolute atomic E-state index is 9.54. The molecule has 0 heterocycles. The van der Waals surface area contributed by atoms with E-state index in [0.717, 1.165) is 24.7 Å². The topological polar surface area (TPSA) is 52.5 Å². The summed E-state index contributed by atoms with van der Waals surface area (Å²) in [5.41, 5.74) is 1.70. The van der Waals surface area contributed by atoms with Crippen molar-refractivity contribution in [3.05, 3.63) is 49.3 Å². The Bertz CT molecular complexity index is 603. The van der Waals surface area contributed by atoms with Crippen LogP contribution in [0, 0.1) is 0 Å². The van der Waals surface area contributed by atoms with Gasteiger partial charge in [0.05, 0.1) is 5.69 Å². The van der Waals surface area contributed by atoms with Gasteiger partial charge in [-0.2, -0.15) is 0 Å². The lowest BCUT2D eigenvalue weighted by Crippen LogP contribution is -2.07. The number of hydrogen-bond donors (Lipinski definition) is 3. The van der Waals surface area contributed by atoms with Crippen molar-refractivity contribution in [2.45, 2.75) is 13.0 Å². The number of rotatable bonds is 3. The molecular formula is C14H12Br3NO2. The van der Waals surface area contributed by atoms with E-state index < -0.39 is 0 Å². The highest BCUT2D eigenvalue weighted by Gasteiger charge is 2.12. The van der Waals surface area contributed by atoms with E-state index in [1.165, 1.54) is 6.07 Å². The third-order valence-electron chi connectivity index (χ3n) is 2.79. The molecule has 0 spiro atoms. The number of aromatic hydroxyl groups is 2. The molecule has 3 N–H and O–H groups in total. The molecule has 2 aromatic carbocycles. The van der Waals surface area contributed by atoms with Crippen molar-refractivity contribution in [1.29, 1.82) is 0 Å². The molecule has 0 fully saturated rings. The zero-order valence-corrected chi connectivity index (χ0v) is 15.3. The molecule has 0 saturated carbocycles. The first kappa shape index (κ1) is 15.7. The third kappa shape index (κ3) is 3.68. The number of nitrogens with one attached hydrogen (secondary N) is 1. The van der Waals surface area contributed by atoms with Crippen LogP contribution in [0.1, 0.15) is 18.5 Å². The third-order valence-corrected chi connectivity index (χ3v) is 4.50. The number of anilines is 1. The summed E-state index contributed by atoms with van der Waals surface area (Å²) in [4.78, 5) is 0. The number of hydrogen-bond acceptors (Lipinski definition) is 3. The molecule has 2 aromatic rings. The lowest BCUT2D eigenvalue weighted by atomic mass is 10.1. The van der Waals surface area contributed by atoms with Gasteiger partial charge in [-0.25, -0.2) is 0 Å². The summed E-state index contributed by atoms with van der Waals surface area (Å²) in [6.07, 6.45) is 0. The summed E-state index contributed by atoms with van der Waals surface area (Å²) in [6.45, 7) is 1.95. The Morgan fingerprint density at radius 3 is 1.90 bits per heavy atom. The van der Waals surface area contributed by atoms with Crippen molar-refractivity contribution in [1.82, 2.24) is 0 Å². The van der Waals surface area contributed by atoms with Gasteiger partial charge in [-0.3, -0.25) is 0 Å². The lowest BCUT2D eigenvalue weighted by Gasteiger charge is -2.19. The number of benzene rings is 2. The molecule has 2 rings (SSSR count). The van der Waals surface area contributed by atoms with E-state index in [-0.39, 0.29) is 17.5 Å². The van der Waals surface area contributed by atoms with E-state index >= 15 is 0 Å². The first-order chi connectivity index (χ1) is 9.36. The molecule has 1 atom stereocenters. The van der Waals surface area contributed by atoms with Crippen molar-refractivity contribution in [3.63, 3.8) is 0 Å². The molecule has 106 valence electrons. The van der Waals surface area contributed by atoms with Crippen LogP contribution in [0.3, 0.4) is 0 Å². The largest absolute Gasteiger partial charge is 0.508 e. The van der Waals surface area contributed by atoms with Crippen molar-refractivity contribution >= 4 is 53.5 Å². The summed E-state index contributed by atoms with van der Waals surface area (Å²) in [6, 6.07) is 8.36. The van der Waals surface area contributed by atoms with Crippen LogP contribution >= 0.6 is 47.8 Å². The van der Waals surface area contributed by atoms with Gasteiger partial charge in [0.15, 0.2) is 0 Å². The van der Waals surface area contributed by atoms with Gasteiger partial charge in [-0.05, 0) is 68.6 Å². The zero-order valence-electron chi connectivity index (χ0n) is 10.5. The fourth-order valence-electron chi connectivity index (χ4n) is 1.85. The van der Waals surface area contributed by atoms with Crippen molar-refractivity contribution in [2.24, 2.45) is 0 Å². The lowest BCUT2D eigenvalue weighted by molar-refractivity contribution is 0.448. The van der Waals surface area contributed by atoms with E-state index in [2.05, 4.69) is 53.1 Å². The molecule has 0 aliphatic carbocycles. The molecule has 20 heavy (non-hydrogen) atoms. The minimum atomic E-state index is -0.0817. The second-order valence-electron chi connectivity index (χ2n) is 4.39. The standard InChI is InChI=1S/C14H12Br3NO2/c1-7(8-2-10(19)6-11(20)3-8)18-14-12(16)4-9(15)5-13(14)17/h2-7,18-20H,1H3. The van der Waals surface area contributed by atoms with E-state index in [1.54, 1.807) is 12.1 Å². The summed E-state index contributed by atoms with van der Waals surface area (Å²) in [5.74, 6) is 0.0881. The average Bonchev–Trinajstić information content (AvgIpc) is 2.32. The predicted octanol–water partition coefficient (Wildman–Crippen LogP) is 5.56. The Hall–Kier alpha value is -0.720. The summed E-state index contributed by atoms with van der Waals surface area (Å²) < 4.78 is 2.79. The maximum atomic E-state index is 9.54. The summed E-state index contributed by atoms with van der Waals surface area (Å²) >= 11 is 10.4. The van der Waals surface area contributed by atoms with Gasteiger partial charge in [-0.15, -0.1) is 0 Å². The van der Waals surface area contributed by atoms with Gasteiger partial charge in [0.25, 0.3) is 0 Å². The van der Waals surface area contributed by atoms with E-state index in [0.29, 0.717) is 0 Å². The van der Waals surface area contributed by atoms with E-state index in [9.17, 15) is 10.2 Å². The molecule has 6 heteroatoms. The van der Waals surface area contributed by atoms with Crippen molar-refractivity contribution in [2.75, 3.05) is 5.32 Å². The van der Waals surface area contributed by atoms with Crippen LogP contribution in [0.2, 0.25) is 0 Å². The predicted molar refractivity (Wildman–Crippen MR) is 91.4 cm³/mol. The van der Waals surface area contributed by atoms with E-state index in [4.69, 9.17) is 0 Å². The van der Waals surface area contributed by atoms with Crippen LogP contribution in [0.4, 0.5) is 5.69 Å². The summed E-state index contributed by atoms with van der Waals surface area (Å²) in [7, 11) is 0. The summed E-state index contributed by atoms with van der Waals surface area (Å²) in [5, 5.41) is 22.4. The average molecular weight is 466 g/mol. The van der Waals surface area contributed by atoms with Crippen LogP contribution in [0.5, 0.6) is 11.5 Å². The molecule has 0 radical (unpaired) electrons. The minimum Gasteiger partial charge on any atom is -0.508 e. The van der Waals surface area contributed by atoms with Crippen LogP contribution in [0.25, 0.3) is 0 Å². The zero-order chi connectivity index (χ0) is 14.9. The molecule has 0 amide bonds. The number of phenols is 2. The van der Waals surface area contributed by atoms with Gasteiger partial charge in [0.2, 0.25) is 0 Å². The molecule has 0 aliphatic rings. The SMILES string of the molecule is CC(Nc1c(Br)cc(Br)cc1Br)c1cc(O)cc(O)c1. The number of phenolic OH excluding ortho intramolecular Hbond substituents is 2. The van der Waals surface area contributed by atoms with Gasteiger partial charge in [-0.1, -0.05) is 15.9 Å². The Morgan fingerprint density at radius 2 is 1.40 bits per heavy atom. The molecule has 0 aliphatic heterocycles. The Kier molecular flexibility index (Phi) is 4.99. The normalized spacial score (nSPS) is 12.2. The second kappa shape index (κ2) is 6.37. The molecule has 0 saturated heterocycles. The fourth-order valence-corrected chi connectivity index (χ4v) is 4.34. The highest BCUT2D eigenvalue weighted by molar-refractivity contribution is 9.11. The molecule has 0 bridgehead atoms. The fraction of sp³-hybridized carbons (Fsp3) is 0.143. The van der Waals surface area contributed by atoms with Gasteiger partial charge >= 0.3 is 0 Å². The van der Waals surface area contributed by atoms with Gasteiger partial charge in [0.1, 0.15) is 11.5 Å². The van der Waals surface area contributed by atoms with Crippen LogP contribution in [-0.2, 0) is 0 Å². The minimum absolute atomic E-state index is 0.0441. The van der Waals surface area contributed by atoms with Gasteiger partial charge < -0.3 is 15.5 Å². The van der Waals surface area contributed by atoms with Crippen molar-refractivity contribution in [3.8, 4) is 11.5 Å². The Balaban J connectivity index is 2.30.